The van der Waals surface area contributed by atoms with Crippen LogP contribution in [0.25, 0.3) is 16.9 Å². The summed E-state index contributed by atoms with van der Waals surface area (Å²) in [4.78, 5) is 4.67. The van der Waals surface area contributed by atoms with Gasteiger partial charge in [-0.1, -0.05) is 23.7 Å². The number of pyridine rings is 1. The van der Waals surface area contributed by atoms with E-state index < -0.39 is 11.6 Å². The number of aromatic nitrogens is 2. The van der Waals surface area contributed by atoms with E-state index >= 15 is 0 Å². The number of hydrogen-bond donors (Lipinski definition) is 2. The Hall–Kier alpha value is -3.25. The molecule has 0 fully saturated rings. The zero-order valence-electron chi connectivity index (χ0n) is 15.2. The van der Waals surface area contributed by atoms with Crippen LogP contribution in [0.2, 0.25) is 5.02 Å². The molecule has 28 heavy (non-hydrogen) atoms. The molecule has 2 aromatic heterocycles. The SMILES string of the molecule is COc1cc(-c2nc3cccc(C)n3c2Nc2cccc(Cl)c2)cc(F)c1O. The van der Waals surface area contributed by atoms with Crippen LogP contribution in [0, 0.1) is 12.7 Å². The van der Waals surface area contributed by atoms with Gasteiger partial charge >= 0.3 is 0 Å². The second kappa shape index (κ2) is 7.05. The first-order valence-electron chi connectivity index (χ1n) is 8.55. The minimum absolute atomic E-state index is 0.0393. The van der Waals surface area contributed by atoms with Gasteiger partial charge < -0.3 is 15.2 Å². The predicted octanol–water partition coefficient (Wildman–Crippen LogP) is 5.56. The number of aromatic hydroxyl groups is 1. The molecule has 4 aromatic rings. The summed E-state index contributed by atoms with van der Waals surface area (Å²) in [6.07, 6.45) is 0. The zero-order chi connectivity index (χ0) is 19.8. The lowest BCUT2D eigenvalue weighted by molar-refractivity contribution is 0.357. The summed E-state index contributed by atoms with van der Waals surface area (Å²) in [5, 5.41) is 13.8. The number of phenols is 1. The van der Waals surface area contributed by atoms with Crippen LogP contribution in [-0.4, -0.2) is 21.6 Å². The van der Waals surface area contributed by atoms with Crippen molar-refractivity contribution in [2.45, 2.75) is 6.92 Å². The number of aryl methyl sites for hydroxylation is 1. The first kappa shape index (κ1) is 18.1. The van der Waals surface area contributed by atoms with Gasteiger partial charge in [0.2, 0.25) is 0 Å². The highest BCUT2D eigenvalue weighted by molar-refractivity contribution is 6.30. The number of phenolic OH excluding ortho intramolecular Hbond substituents is 1. The summed E-state index contributed by atoms with van der Waals surface area (Å²) < 4.78 is 21.3. The maximum atomic E-state index is 14.3. The first-order chi connectivity index (χ1) is 13.5. The van der Waals surface area contributed by atoms with Crippen LogP contribution < -0.4 is 10.1 Å². The Labute approximate surface area is 166 Å². The lowest BCUT2D eigenvalue weighted by atomic mass is 10.1. The summed E-state index contributed by atoms with van der Waals surface area (Å²) in [7, 11) is 1.37. The molecular weight excluding hydrogens is 381 g/mol. The van der Waals surface area contributed by atoms with E-state index in [4.69, 9.17) is 16.3 Å². The molecular formula is C21H17ClFN3O2. The maximum Gasteiger partial charge on any atom is 0.194 e. The average molecular weight is 398 g/mol. The molecule has 2 aromatic carbocycles. The Bertz CT molecular complexity index is 1190. The molecule has 7 heteroatoms. The van der Waals surface area contributed by atoms with Crippen LogP contribution >= 0.6 is 11.6 Å². The summed E-state index contributed by atoms with van der Waals surface area (Å²) in [6.45, 7) is 1.96. The van der Waals surface area contributed by atoms with Crippen LogP contribution in [0.3, 0.4) is 0 Å². The molecule has 2 heterocycles. The molecule has 0 aliphatic rings. The van der Waals surface area contributed by atoms with Gasteiger partial charge in [0.25, 0.3) is 0 Å². The number of hydrogen-bond acceptors (Lipinski definition) is 4. The zero-order valence-corrected chi connectivity index (χ0v) is 16.0. The number of benzene rings is 2. The minimum Gasteiger partial charge on any atom is -0.502 e. The van der Waals surface area contributed by atoms with Crippen LogP contribution in [0.1, 0.15) is 5.69 Å². The third-order valence-electron chi connectivity index (χ3n) is 4.45. The van der Waals surface area contributed by atoms with E-state index in [1.807, 2.05) is 41.7 Å². The van der Waals surface area contributed by atoms with Gasteiger partial charge in [0.05, 0.1) is 7.11 Å². The van der Waals surface area contributed by atoms with Gasteiger partial charge in [-0.05, 0) is 49.4 Å². The molecule has 0 amide bonds. The van der Waals surface area contributed by atoms with Crippen LogP contribution in [0.5, 0.6) is 11.5 Å². The molecule has 0 saturated carbocycles. The van der Waals surface area contributed by atoms with Crippen molar-refractivity contribution in [2.24, 2.45) is 0 Å². The third kappa shape index (κ3) is 3.12. The number of imidazole rings is 1. The Morgan fingerprint density at radius 3 is 2.68 bits per heavy atom. The van der Waals surface area contributed by atoms with E-state index in [9.17, 15) is 9.50 Å². The lowest BCUT2D eigenvalue weighted by Crippen LogP contribution is -1.99. The number of ether oxygens (including phenoxy) is 1. The van der Waals surface area contributed by atoms with Crippen molar-refractivity contribution in [1.82, 2.24) is 9.38 Å². The van der Waals surface area contributed by atoms with Crippen molar-refractivity contribution in [3.63, 3.8) is 0 Å². The van der Waals surface area contributed by atoms with Gasteiger partial charge in [-0.3, -0.25) is 4.40 Å². The van der Waals surface area contributed by atoms with Gasteiger partial charge in [0, 0.05) is 22.0 Å². The van der Waals surface area contributed by atoms with E-state index in [-0.39, 0.29) is 5.75 Å². The van der Waals surface area contributed by atoms with Gasteiger partial charge in [0.15, 0.2) is 17.3 Å². The highest BCUT2D eigenvalue weighted by atomic mass is 35.5. The normalized spacial score (nSPS) is 11.0. The van der Waals surface area contributed by atoms with Crippen LogP contribution in [0.4, 0.5) is 15.9 Å². The van der Waals surface area contributed by atoms with Crippen molar-refractivity contribution in [3.05, 3.63) is 71.1 Å². The third-order valence-corrected chi connectivity index (χ3v) is 4.68. The molecule has 0 saturated heterocycles. The summed E-state index contributed by atoms with van der Waals surface area (Å²) in [5.41, 5.74) is 3.41. The summed E-state index contributed by atoms with van der Waals surface area (Å²) in [5.74, 6) is -0.618. The topological polar surface area (TPSA) is 58.8 Å². The van der Waals surface area contributed by atoms with Gasteiger partial charge in [-0.2, -0.15) is 0 Å². The molecule has 5 nitrogen and oxygen atoms in total. The average Bonchev–Trinajstić information content (AvgIpc) is 3.03. The molecule has 2 N–H and O–H groups in total. The first-order valence-corrected chi connectivity index (χ1v) is 8.93. The molecule has 142 valence electrons. The fourth-order valence-electron chi connectivity index (χ4n) is 3.14. The van der Waals surface area contributed by atoms with E-state index in [2.05, 4.69) is 10.3 Å². The Morgan fingerprint density at radius 2 is 1.93 bits per heavy atom. The molecule has 0 bridgehead atoms. The standard InChI is InChI=1S/C21H17ClFN3O2/c1-12-5-3-8-18-25-19(13-9-16(23)20(27)17(10-13)28-2)21(26(12)18)24-15-7-4-6-14(22)11-15/h3-11,24,27H,1-2H3. The second-order valence-corrected chi connectivity index (χ2v) is 6.75. The fraction of sp³-hybridized carbons (Fsp3) is 0.0952. The number of methoxy groups -OCH3 is 1. The van der Waals surface area contributed by atoms with Gasteiger partial charge in [0.1, 0.15) is 17.2 Å². The Morgan fingerprint density at radius 1 is 1.14 bits per heavy atom. The smallest absolute Gasteiger partial charge is 0.194 e. The largest absolute Gasteiger partial charge is 0.502 e. The van der Waals surface area contributed by atoms with Gasteiger partial charge in [-0.25, -0.2) is 9.37 Å². The number of nitrogens with one attached hydrogen (secondary N) is 1. The van der Waals surface area contributed by atoms with Crippen molar-refractivity contribution in [3.8, 4) is 22.8 Å². The number of rotatable bonds is 4. The number of nitrogens with zero attached hydrogens (tertiary/aromatic N) is 2. The molecule has 0 radical (unpaired) electrons. The van der Waals surface area contributed by atoms with E-state index in [0.717, 1.165) is 11.4 Å². The van der Waals surface area contributed by atoms with Crippen molar-refractivity contribution >= 4 is 28.8 Å². The van der Waals surface area contributed by atoms with Crippen molar-refractivity contribution < 1.29 is 14.2 Å². The molecule has 0 atom stereocenters. The van der Waals surface area contributed by atoms with Crippen LogP contribution in [-0.2, 0) is 0 Å². The molecule has 0 unspecified atom stereocenters. The maximum absolute atomic E-state index is 14.3. The predicted molar refractivity (Wildman–Crippen MR) is 108 cm³/mol. The second-order valence-electron chi connectivity index (χ2n) is 6.31. The molecule has 0 aliphatic carbocycles. The fourth-order valence-corrected chi connectivity index (χ4v) is 3.33. The monoisotopic (exact) mass is 397 g/mol. The van der Waals surface area contributed by atoms with Crippen molar-refractivity contribution in [1.29, 1.82) is 0 Å². The van der Waals surface area contributed by atoms with Crippen LogP contribution in [0.15, 0.2) is 54.6 Å². The van der Waals surface area contributed by atoms with E-state index in [1.54, 1.807) is 18.2 Å². The Balaban J connectivity index is 1.96. The Kier molecular flexibility index (Phi) is 4.57. The van der Waals surface area contributed by atoms with E-state index in [1.165, 1.54) is 13.2 Å². The minimum atomic E-state index is -0.781. The molecule has 0 spiro atoms. The summed E-state index contributed by atoms with van der Waals surface area (Å²) >= 11 is 6.11. The van der Waals surface area contributed by atoms with Gasteiger partial charge in [-0.15, -0.1) is 0 Å². The summed E-state index contributed by atoms with van der Waals surface area (Å²) in [6, 6.07) is 15.8. The van der Waals surface area contributed by atoms with E-state index in [0.29, 0.717) is 27.7 Å². The lowest BCUT2D eigenvalue weighted by Gasteiger charge is -2.12. The number of anilines is 2. The number of halogens is 2. The molecule has 0 aliphatic heterocycles. The highest BCUT2D eigenvalue weighted by Gasteiger charge is 2.19. The highest BCUT2D eigenvalue weighted by Crippen LogP contribution is 2.38. The number of fused-ring (bicyclic) bond motifs is 1. The van der Waals surface area contributed by atoms with Crippen molar-refractivity contribution in [2.75, 3.05) is 12.4 Å². The molecule has 4 rings (SSSR count). The quantitative estimate of drug-likeness (QED) is 0.473.